The second kappa shape index (κ2) is 10.7. The van der Waals surface area contributed by atoms with Crippen LogP contribution < -0.4 is 14.9 Å². The van der Waals surface area contributed by atoms with E-state index in [1.54, 1.807) is 37.3 Å². The van der Waals surface area contributed by atoms with Crippen LogP contribution >= 0.6 is 0 Å². The molecule has 6 heteroatoms. The third kappa shape index (κ3) is 5.49. The van der Waals surface area contributed by atoms with Gasteiger partial charge in [-0.1, -0.05) is 72.8 Å². The summed E-state index contributed by atoms with van der Waals surface area (Å²) in [6.07, 6.45) is 0.776. The minimum atomic E-state index is -0.737. The fraction of sp³-hybridized carbons (Fsp3) is 0.0645. The number of hydrazone groups is 1. The van der Waals surface area contributed by atoms with E-state index in [0.29, 0.717) is 17.1 Å². The predicted octanol–water partition coefficient (Wildman–Crippen LogP) is 6.13. The number of nitrogens with one attached hydrogen (secondary N) is 1. The molecule has 0 aliphatic rings. The van der Waals surface area contributed by atoms with Crippen LogP contribution in [0.5, 0.6) is 11.5 Å². The number of hydrogen-bond acceptors (Lipinski definition) is 5. The van der Waals surface area contributed by atoms with E-state index in [1.807, 2.05) is 78.9 Å². The smallest absolute Gasteiger partial charge is 0.344 e. The largest absolute Gasteiger partial charge is 0.480 e. The summed E-state index contributed by atoms with van der Waals surface area (Å²) in [5.41, 5.74) is 3.74. The van der Waals surface area contributed by atoms with Gasteiger partial charge in [-0.25, -0.2) is 10.2 Å². The van der Waals surface area contributed by atoms with Crippen molar-refractivity contribution in [3.8, 4) is 11.5 Å². The van der Waals surface area contributed by atoms with Gasteiger partial charge in [-0.05, 0) is 65.0 Å². The van der Waals surface area contributed by atoms with Gasteiger partial charge < -0.3 is 9.47 Å². The molecule has 0 saturated carbocycles. The molecule has 6 nitrogen and oxygen atoms in total. The highest BCUT2D eigenvalue weighted by molar-refractivity contribution is 6.05. The van der Waals surface area contributed by atoms with E-state index >= 15 is 0 Å². The molecule has 5 rings (SSSR count). The molecule has 1 unspecified atom stereocenters. The van der Waals surface area contributed by atoms with Crippen LogP contribution in [0.25, 0.3) is 21.5 Å². The second-order valence-electron chi connectivity index (χ2n) is 8.46. The van der Waals surface area contributed by atoms with Gasteiger partial charge in [-0.3, -0.25) is 4.79 Å². The molecule has 0 aliphatic carbocycles. The molecule has 37 heavy (non-hydrogen) atoms. The topological polar surface area (TPSA) is 77.0 Å². The lowest BCUT2D eigenvalue weighted by Gasteiger charge is -2.14. The number of hydrogen-bond donors (Lipinski definition) is 1. The van der Waals surface area contributed by atoms with Crippen molar-refractivity contribution in [2.45, 2.75) is 13.0 Å². The van der Waals surface area contributed by atoms with Crippen molar-refractivity contribution >= 4 is 39.6 Å². The molecular formula is C31H24N2O4. The number of ether oxygens (including phenoxy) is 2. The average Bonchev–Trinajstić information content (AvgIpc) is 2.93. The molecule has 0 spiro atoms. The first-order valence-electron chi connectivity index (χ1n) is 11.9. The molecule has 182 valence electrons. The fourth-order valence-corrected chi connectivity index (χ4v) is 3.99. The lowest BCUT2D eigenvalue weighted by atomic mass is 10.0. The van der Waals surface area contributed by atoms with Crippen molar-refractivity contribution in [2.24, 2.45) is 5.10 Å². The Balaban J connectivity index is 1.17. The Labute approximate surface area is 214 Å². The van der Waals surface area contributed by atoms with Crippen molar-refractivity contribution in [1.29, 1.82) is 0 Å². The van der Waals surface area contributed by atoms with Crippen molar-refractivity contribution in [2.75, 3.05) is 0 Å². The van der Waals surface area contributed by atoms with Crippen molar-refractivity contribution < 1.29 is 19.1 Å². The highest BCUT2D eigenvalue weighted by Crippen LogP contribution is 2.26. The molecule has 0 fully saturated rings. The molecular weight excluding hydrogens is 464 g/mol. The van der Waals surface area contributed by atoms with Crippen LogP contribution in [0.15, 0.2) is 114 Å². The van der Waals surface area contributed by atoms with E-state index in [2.05, 4.69) is 10.5 Å². The fourth-order valence-electron chi connectivity index (χ4n) is 3.99. The number of fused-ring (bicyclic) bond motifs is 2. The zero-order valence-electron chi connectivity index (χ0n) is 20.1. The number of rotatable bonds is 7. The average molecular weight is 489 g/mol. The Hall–Kier alpha value is -4.97. The van der Waals surface area contributed by atoms with E-state index in [1.165, 1.54) is 6.21 Å². The summed E-state index contributed by atoms with van der Waals surface area (Å²) in [7, 11) is 0. The number of carbonyl (C=O) groups is 2. The first kappa shape index (κ1) is 23.8. The van der Waals surface area contributed by atoms with Crippen molar-refractivity contribution in [1.82, 2.24) is 5.43 Å². The Kier molecular flexibility index (Phi) is 6.90. The minimum absolute atomic E-state index is 0.371. The molecule has 0 radical (unpaired) electrons. The molecule has 0 saturated heterocycles. The van der Waals surface area contributed by atoms with Crippen LogP contribution in [0.1, 0.15) is 22.8 Å². The van der Waals surface area contributed by atoms with Crippen molar-refractivity contribution in [3.05, 3.63) is 120 Å². The van der Waals surface area contributed by atoms with E-state index in [9.17, 15) is 9.59 Å². The van der Waals surface area contributed by atoms with E-state index < -0.39 is 12.1 Å². The number of benzene rings is 5. The van der Waals surface area contributed by atoms with E-state index in [-0.39, 0.29) is 5.91 Å². The second-order valence-corrected chi connectivity index (χ2v) is 8.46. The number of esters is 1. The van der Waals surface area contributed by atoms with Crippen LogP contribution in [0.4, 0.5) is 0 Å². The minimum Gasteiger partial charge on any atom is -0.480 e. The van der Waals surface area contributed by atoms with Gasteiger partial charge in [0.05, 0.1) is 11.8 Å². The number of amides is 1. The van der Waals surface area contributed by atoms with Gasteiger partial charge in [-0.2, -0.15) is 5.10 Å². The summed E-state index contributed by atoms with van der Waals surface area (Å²) in [5.74, 6) is 0.255. The predicted molar refractivity (Wildman–Crippen MR) is 145 cm³/mol. The Morgan fingerprint density at radius 1 is 0.757 bits per heavy atom. The summed E-state index contributed by atoms with van der Waals surface area (Å²) >= 11 is 0. The van der Waals surface area contributed by atoms with Gasteiger partial charge in [0.1, 0.15) is 11.5 Å². The quantitative estimate of drug-likeness (QED) is 0.129. The van der Waals surface area contributed by atoms with Gasteiger partial charge in [0, 0.05) is 5.39 Å². The zero-order chi connectivity index (χ0) is 25.6. The number of nitrogens with zero attached hydrogens (tertiary/aromatic N) is 1. The van der Waals surface area contributed by atoms with Gasteiger partial charge in [0.15, 0.2) is 6.10 Å². The lowest BCUT2D eigenvalue weighted by molar-refractivity contribution is -0.127. The highest BCUT2D eigenvalue weighted by Gasteiger charge is 2.15. The Morgan fingerprint density at radius 2 is 1.38 bits per heavy atom. The van der Waals surface area contributed by atoms with Crippen LogP contribution in [0.2, 0.25) is 0 Å². The third-order valence-corrected chi connectivity index (χ3v) is 5.91. The first-order valence-corrected chi connectivity index (χ1v) is 11.9. The highest BCUT2D eigenvalue weighted by atomic mass is 16.5. The van der Waals surface area contributed by atoms with Gasteiger partial charge in [0.25, 0.3) is 5.91 Å². The normalized spacial score (nSPS) is 11.9. The van der Waals surface area contributed by atoms with Crippen LogP contribution in [0.3, 0.4) is 0 Å². The molecule has 1 N–H and O–H groups in total. The van der Waals surface area contributed by atoms with Gasteiger partial charge >= 0.3 is 5.97 Å². The molecule has 5 aromatic rings. The summed E-state index contributed by atoms with van der Waals surface area (Å²) in [6.45, 7) is 1.67. The molecule has 1 atom stereocenters. The molecule has 1 amide bonds. The van der Waals surface area contributed by atoms with Gasteiger partial charge in [0.2, 0.25) is 0 Å². The zero-order valence-corrected chi connectivity index (χ0v) is 20.1. The standard InChI is InChI=1S/C31H24N2O4/c1-21(36-29-15-7-11-24-9-3-5-13-27(24)29)30(34)33-32-20-22-16-18-25(19-17-22)37-31(35)28-14-6-10-23-8-2-4-12-26(23)28/h2-21H,1H3,(H,33,34). The summed E-state index contributed by atoms with van der Waals surface area (Å²) in [5, 5.41) is 7.82. The molecule has 0 bridgehead atoms. The molecule has 0 aromatic heterocycles. The van der Waals surface area contributed by atoms with Crippen LogP contribution in [0, 0.1) is 0 Å². The van der Waals surface area contributed by atoms with E-state index in [0.717, 1.165) is 27.1 Å². The Morgan fingerprint density at radius 3 is 2.14 bits per heavy atom. The maximum Gasteiger partial charge on any atom is 0.344 e. The maximum atomic E-state index is 12.7. The third-order valence-electron chi connectivity index (χ3n) is 5.91. The van der Waals surface area contributed by atoms with Crippen LogP contribution in [-0.2, 0) is 4.79 Å². The van der Waals surface area contributed by atoms with Crippen LogP contribution in [-0.4, -0.2) is 24.2 Å². The lowest BCUT2D eigenvalue weighted by Crippen LogP contribution is -2.33. The summed E-state index contributed by atoms with van der Waals surface area (Å²) < 4.78 is 11.4. The molecule has 5 aromatic carbocycles. The summed E-state index contributed by atoms with van der Waals surface area (Å²) in [6, 6.07) is 33.6. The molecule has 0 heterocycles. The molecule has 0 aliphatic heterocycles. The van der Waals surface area contributed by atoms with E-state index in [4.69, 9.17) is 9.47 Å². The Bertz CT molecular complexity index is 1600. The maximum absolute atomic E-state index is 12.7. The van der Waals surface area contributed by atoms with Gasteiger partial charge in [-0.15, -0.1) is 0 Å². The summed E-state index contributed by atoms with van der Waals surface area (Å²) in [4.78, 5) is 25.2. The number of carbonyl (C=O) groups excluding carboxylic acids is 2. The SMILES string of the molecule is CC(Oc1cccc2ccccc12)C(=O)NN=Cc1ccc(OC(=O)c2cccc3ccccc23)cc1. The van der Waals surface area contributed by atoms with Crippen molar-refractivity contribution in [3.63, 3.8) is 0 Å². The first-order chi connectivity index (χ1) is 18.1. The monoisotopic (exact) mass is 488 g/mol.